The fourth-order valence-corrected chi connectivity index (χ4v) is 2.25. The number of aliphatic imine (C=N–C) groups is 1. The summed E-state index contributed by atoms with van der Waals surface area (Å²) in [6.07, 6.45) is 8.55. The van der Waals surface area contributed by atoms with Crippen LogP contribution >= 0.6 is 0 Å². The molecule has 0 N–H and O–H groups in total. The van der Waals surface area contributed by atoms with Crippen LogP contribution in [0.2, 0.25) is 0 Å². The van der Waals surface area contributed by atoms with Crippen LogP contribution in [0.25, 0.3) is 6.08 Å². The van der Waals surface area contributed by atoms with Crippen LogP contribution in [0.3, 0.4) is 0 Å². The number of dihydropyridines is 1. The molecule has 1 aliphatic carbocycles. The number of methoxy groups -OCH3 is 1. The van der Waals surface area contributed by atoms with Gasteiger partial charge < -0.3 is 4.74 Å². The highest BCUT2D eigenvalue weighted by Crippen LogP contribution is 2.30. The van der Waals surface area contributed by atoms with Gasteiger partial charge in [0.25, 0.3) is 0 Å². The topological polar surface area (TPSA) is 21.6 Å². The highest BCUT2D eigenvalue weighted by molar-refractivity contribution is 5.89. The third-order valence-corrected chi connectivity index (χ3v) is 3.06. The van der Waals surface area contributed by atoms with Crippen molar-refractivity contribution in [2.45, 2.75) is 12.0 Å². The predicted octanol–water partition coefficient (Wildman–Crippen LogP) is 2.78. The Kier molecular flexibility index (Phi) is 2.13. The summed E-state index contributed by atoms with van der Waals surface area (Å²) in [6, 6.07) is 8.51. The van der Waals surface area contributed by atoms with Gasteiger partial charge >= 0.3 is 0 Å². The maximum Gasteiger partial charge on any atom is 0.195 e. The maximum absolute atomic E-state index is 5.38. The summed E-state index contributed by atoms with van der Waals surface area (Å²) in [6.45, 7) is 0. The standard InChI is InChI=1S/C14H13NO/c1-16-14-13-9-8-11(15-14)7-6-10-4-2-3-5-12(10)13/h2-9,11,13H,1H3/t11-,13+/m0/s1. The quantitative estimate of drug-likeness (QED) is 0.605. The van der Waals surface area contributed by atoms with Crippen LogP contribution in [0.15, 0.2) is 47.5 Å². The molecule has 0 radical (unpaired) electrons. The fourth-order valence-electron chi connectivity index (χ4n) is 2.25. The fraction of sp³-hybridized carbons (Fsp3) is 0.214. The zero-order valence-electron chi connectivity index (χ0n) is 9.13. The van der Waals surface area contributed by atoms with Crippen molar-refractivity contribution in [2.75, 3.05) is 7.11 Å². The van der Waals surface area contributed by atoms with Crippen molar-refractivity contribution in [3.05, 3.63) is 53.6 Å². The molecule has 2 bridgehead atoms. The minimum absolute atomic E-state index is 0.125. The van der Waals surface area contributed by atoms with E-state index in [1.165, 1.54) is 11.1 Å². The molecule has 0 fully saturated rings. The number of ether oxygens (including phenoxy) is 1. The minimum atomic E-state index is 0.125. The van der Waals surface area contributed by atoms with E-state index in [1.54, 1.807) is 7.11 Å². The molecule has 0 unspecified atom stereocenters. The van der Waals surface area contributed by atoms with Crippen molar-refractivity contribution in [3.8, 4) is 0 Å². The number of benzene rings is 1. The second-order valence-electron chi connectivity index (χ2n) is 4.01. The first-order valence-electron chi connectivity index (χ1n) is 5.45. The summed E-state index contributed by atoms with van der Waals surface area (Å²) in [4.78, 5) is 4.54. The van der Waals surface area contributed by atoms with Gasteiger partial charge in [0.05, 0.1) is 19.1 Å². The molecule has 2 aliphatic heterocycles. The van der Waals surface area contributed by atoms with Gasteiger partial charge in [0.2, 0.25) is 0 Å². The minimum Gasteiger partial charge on any atom is -0.484 e. The highest BCUT2D eigenvalue weighted by atomic mass is 16.5. The zero-order valence-corrected chi connectivity index (χ0v) is 9.13. The van der Waals surface area contributed by atoms with E-state index in [-0.39, 0.29) is 12.0 Å². The first kappa shape index (κ1) is 9.40. The van der Waals surface area contributed by atoms with Crippen LogP contribution in [-0.4, -0.2) is 19.0 Å². The molecule has 1 aromatic carbocycles. The summed E-state index contributed by atoms with van der Waals surface area (Å²) in [5, 5.41) is 0. The molecule has 0 saturated heterocycles. The van der Waals surface area contributed by atoms with E-state index in [0.717, 1.165) is 5.90 Å². The molecule has 2 heteroatoms. The third kappa shape index (κ3) is 1.38. The molecule has 1 aromatic rings. The van der Waals surface area contributed by atoms with Crippen molar-refractivity contribution in [1.29, 1.82) is 0 Å². The molecule has 0 aromatic heterocycles. The molecular formula is C14H13NO. The molecule has 80 valence electrons. The van der Waals surface area contributed by atoms with E-state index in [4.69, 9.17) is 4.74 Å². The van der Waals surface area contributed by atoms with Gasteiger partial charge in [-0.3, -0.25) is 0 Å². The lowest BCUT2D eigenvalue weighted by Gasteiger charge is -2.24. The number of nitrogens with zero attached hydrogens (tertiary/aromatic N) is 1. The Balaban J connectivity index is 2.20. The zero-order chi connectivity index (χ0) is 11.0. The average Bonchev–Trinajstić information content (AvgIpc) is 2.32. The van der Waals surface area contributed by atoms with Gasteiger partial charge in [-0.25, -0.2) is 4.99 Å². The normalized spacial score (nSPS) is 25.7. The van der Waals surface area contributed by atoms with E-state index < -0.39 is 0 Å². The SMILES string of the molecule is COC1=N[C@H]2C=Cc3ccccc3[C@H]1C=C2. The van der Waals surface area contributed by atoms with Crippen LogP contribution in [-0.2, 0) is 4.74 Å². The van der Waals surface area contributed by atoms with E-state index >= 15 is 0 Å². The Labute approximate surface area is 95.0 Å². The molecule has 0 amide bonds. The lowest BCUT2D eigenvalue weighted by atomic mass is 9.89. The number of hydrogen-bond donors (Lipinski definition) is 0. The Morgan fingerprint density at radius 1 is 1.12 bits per heavy atom. The van der Waals surface area contributed by atoms with Crippen molar-refractivity contribution in [1.82, 2.24) is 0 Å². The molecule has 0 spiro atoms. The van der Waals surface area contributed by atoms with Gasteiger partial charge in [0.15, 0.2) is 5.90 Å². The van der Waals surface area contributed by atoms with Gasteiger partial charge in [-0.15, -0.1) is 0 Å². The van der Waals surface area contributed by atoms with Crippen molar-refractivity contribution in [3.63, 3.8) is 0 Å². The molecule has 0 saturated carbocycles. The van der Waals surface area contributed by atoms with Crippen LogP contribution < -0.4 is 0 Å². The largest absolute Gasteiger partial charge is 0.484 e. The summed E-state index contributed by atoms with van der Waals surface area (Å²) in [7, 11) is 1.69. The average molecular weight is 211 g/mol. The van der Waals surface area contributed by atoms with E-state index in [0.29, 0.717) is 0 Å². The lowest BCUT2D eigenvalue weighted by molar-refractivity contribution is 0.383. The molecule has 3 aliphatic rings. The molecule has 2 atom stereocenters. The first-order chi connectivity index (χ1) is 7.88. The predicted molar refractivity (Wildman–Crippen MR) is 65.6 cm³/mol. The Morgan fingerprint density at radius 3 is 2.88 bits per heavy atom. The Hall–Kier alpha value is -1.83. The lowest BCUT2D eigenvalue weighted by Crippen LogP contribution is -2.21. The monoisotopic (exact) mass is 211 g/mol. The van der Waals surface area contributed by atoms with Gasteiger partial charge in [0.1, 0.15) is 0 Å². The van der Waals surface area contributed by atoms with Crippen molar-refractivity contribution >= 4 is 12.0 Å². The van der Waals surface area contributed by atoms with Crippen LogP contribution in [0.1, 0.15) is 17.0 Å². The Bertz CT molecular complexity index is 499. The third-order valence-electron chi connectivity index (χ3n) is 3.06. The van der Waals surface area contributed by atoms with Gasteiger partial charge in [-0.2, -0.15) is 0 Å². The first-order valence-corrected chi connectivity index (χ1v) is 5.45. The summed E-state index contributed by atoms with van der Waals surface area (Å²) in [5.74, 6) is 0.978. The van der Waals surface area contributed by atoms with Crippen LogP contribution in [0.5, 0.6) is 0 Å². The molecule has 2 nitrogen and oxygen atoms in total. The van der Waals surface area contributed by atoms with Crippen molar-refractivity contribution < 1.29 is 4.74 Å². The molecule has 4 rings (SSSR count). The van der Waals surface area contributed by atoms with E-state index in [1.807, 2.05) is 0 Å². The highest BCUT2D eigenvalue weighted by Gasteiger charge is 2.24. The van der Waals surface area contributed by atoms with E-state index in [2.05, 4.69) is 53.6 Å². The Morgan fingerprint density at radius 2 is 2.00 bits per heavy atom. The molecule has 2 heterocycles. The second-order valence-corrected chi connectivity index (χ2v) is 4.01. The number of hydrogen-bond acceptors (Lipinski definition) is 2. The number of rotatable bonds is 0. The van der Waals surface area contributed by atoms with E-state index in [9.17, 15) is 0 Å². The molecular weight excluding hydrogens is 198 g/mol. The summed E-state index contributed by atoms with van der Waals surface area (Å²) >= 11 is 0. The summed E-state index contributed by atoms with van der Waals surface area (Å²) in [5.41, 5.74) is 2.51. The second kappa shape index (κ2) is 3.63. The smallest absolute Gasteiger partial charge is 0.195 e. The molecule has 16 heavy (non-hydrogen) atoms. The maximum atomic E-state index is 5.38. The van der Waals surface area contributed by atoms with Gasteiger partial charge in [-0.05, 0) is 11.1 Å². The van der Waals surface area contributed by atoms with Crippen molar-refractivity contribution in [2.24, 2.45) is 4.99 Å². The summed E-state index contributed by atoms with van der Waals surface area (Å²) < 4.78 is 5.38. The van der Waals surface area contributed by atoms with Crippen LogP contribution in [0, 0.1) is 0 Å². The van der Waals surface area contributed by atoms with Gasteiger partial charge in [-0.1, -0.05) is 48.6 Å². The van der Waals surface area contributed by atoms with Gasteiger partial charge in [0, 0.05) is 0 Å². The van der Waals surface area contributed by atoms with Crippen LogP contribution in [0.4, 0.5) is 0 Å².